The van der Waals surface area contributed by atoms with Crippen LogP contribution in [0.1, 0.15) is 19.2 Å². The number of aromatic nitrogens is 3. The van der Waals surface area contributed by atoms with Gasteiger partial charge in [-0.05, 0) is 6.42 Å². The predicted octanol–water partition coefficient (Wildman–Crippen LogP) is 2.56. The molecular weight excluding hydrogens is 272 g/mol. The summed E-state index contributed by atoms with van der Waals surface area (Å²) in [6.07, 6.45) is 0.948. The average molecular weight is 285 g/mol. The molecule has 16 heavy (non-hydrogen) atoms. The Morgan fingerprint density at radius 1 is 1.12 bits per heavy atom. The molecule has 0 aliphatic heterocycles. The van der Waals surface area contributed by atoms with E-state index in [-0.39, 0.29) is 5.82 Å². The molecule has 0 saturated carbocycles. The molecule has 1 aromatic rings. The molecule has 90 valence electrons. The zero-order chi connectivity index (χ0) is 12.2. The van der Waals surface area contributed by atoms with Gasteiger partial charge in [0.05, 0.1) is 0 Å². The summed E-state index contributed by atoms with van der Waals surface area (Å²) in [7, 11) is 1.68. The maximum absolute atomic E-state index is 5.72. The maximum Gasteiger partial charge on any atom is 0.250 e. The number of hydrogen-bond donors (Lipinski definition) is 2. The van der Waals surface area contributed by atoms with E-state index < -0.39 is 3.79 Å². The highest BCUT2D eigenvalue weighted by molar-refractivity contribution is 6.66. The van der Waals surface area contributed by atoms with Crippen molar-refractivity contribution in [1.29, 1.82) is 0 Å². The van der Waals surface area contributed by atoms with Gasteiger partial charge in [0.1, 0.15) is 0 Å². The Balaban J connectivity index is 3.01. The summed E-state index contributed by atoms with van der Waals surface area (Å²) in [4.78, 5) is 12.1. The molecule has 8 heteroatoms. The third-order valence-corrected chi connectivity index (χ3v) is 2.15. The minimum Gasteiger partial charge on any atom is -0.357 e. The van der Waals surface area contributed by atoms with Gasteiger partial charge in [-0.25, -0.2) is 0 Å². The van der Waals surface area contributed by atoms with Crippen molar-refractivity contribution >= 4 is 46.7 Å². The average Bonchev–Trinajstić information content (AvgIpc) is 2.24. The van der Waals surface area contributed by atoms with Crippen LogP contribution in [0.5, 0.6) is 0 Å². The molecule has 1 heterocycles. The van der Waals surface area contributed by atoms with E-state index in [2.05, 4.69) is 25.6 Å². The van der Waals surface area contributed by atoms with Crippen LogP contribution in [0.4, 0.5) is 11.9 Å². The Morgan fingerprint density at radius 2 is 1.75 bits per heavy atom. The Kier molecular flexibility index (Phi) is 4.83. The van der Waals surface area contributed by atoms with E-state index >= 15 is 0 Å². The van der Waals surface area contributed by atoms with Crippen LogP contribution >= 0.6 is 34.8 Å². The van der Waals surface area contributed by atoms with E-state index in [0.717, 1.165) is 13.0 Å². The first-order valence-corrected chi connectivity index (χ1v) is 5.85. The molecule has 0 bridgehead atoms. The van der Waals surface area contributed by atoms with E-state index in [1.807, 2.05) is 6.92 Å². The van der Waals surface area contributed by atoms with Crippen LogP contribution in [0.15, 0.2) is 0 Å². The first kappa shape index (κ1) is 13.5. The molecule has 0 aliphatic carbocycles. The van der Waals surface area contributed by atoms with Crippen LogP contribution in [0.3, 0.4) is 0 Å². The lowest BCUT2D eigenvalue weighted by atomic mass is 10.5. The normalized spacial score (nSPS) is 11.3. The lowest BCUT2D eigenvalue weighted by Crippen LogP contribution is -2.14. The van der Waals surface area contributed by atoms with Gasteiger partial charge in [-0.15, -0.1) is 0 Å². The summed E-state index contributed by atoms with van der Waals surface area (Å²) >= 11 is 17.1. The quantitative estimate of drug-likeness (QED) is 0.832. The van der Waals surface area contributed by atoms with Gasteiger partial charge < -0.3 is 10.6 Å². The van der Waals surface area contributed by atoms with E-state index in [4.69, 9.17) is 34.8 Å². The van der Waals surface area contributed by atoms with Crippen LogP contribution in [0.25, 0.3) is 0 Å². The zero-order valence-corrected chi connectivity index (χ0v) is 11.2. The molecule has 2 N–H and O–H groups in total. The van der Waals surface area contributed by atoms with E-state index in [1.54, 1.807) is 7.05 Å². The van der Waals surface area contributed by atoms with Gasteiger partial charge in [-0.2, -0.15) is 15.0 Å². The van der Waals surface area contributed by atoms with Gasteiger partial charge in [-0.1, -0.05) is 41.7 Å². The van der Waals surface area contributed by atoms with Gasteiger partial charge in [0.25, 0.3) is 0 Å². The van der Waals surface area contributed by atoms with Crippen molar-refractivity contribution < 1.29 is 0 Å². The standard InChI is InChI=1S/C8H12Cl3N5/c1-3-4-13-7-15-5(8(9,10)11)14-6(12-2)16-7/h3-4H2,1-2H3,(H2,12,13,14,15,16). The van der Waals surface area contributed by atoms with Crippen LogP contribution in [-0.4, -0.2) is 28.5 Å². The van der Waals surface area contributed by atoms with Crippen molar-refractivity contribution in [3.05, 3.63) is 5.82 Å². The second-order valence-electron chi connectivity index (χ2n) is 2.98. The number of anilines is 2. The fourth-order valence-corrected chi connectivity index (χ4v) is 1.18. The summed E-state index contributed by atoms with van der Waals surface area (Å²) in [6.45, 7) is 2.77. The Bertz CT molecular complexity index is 352. The second-order valence-corrected chi connectivity index (χ2v) is 5.26. The highest BCUT2D eigenvalue weighted by Crippen LogP contribution is 2.36. The number of nitrogens with one attached hydrogen (secondary N) is 2. The topological polar surface area (TPSA) is 62.7 Å². The minimum atomic E-state index is -1.66. The summed E-state index contributed by atoms with van der Waals surface area (Å²) in [5.41, 5.74) is 0. The zero-order valence-electron chi connectivity index (χ0n) is 8.89. The lowest BCUT2D eigenvalue weighted by molar-refractivity contribution is 0.893. The number of rotatable bonds is 4. The number of halogens is 3. The summed E-state index contributed by atoms with van der Waals surface area (Å²) < 4.78 is -1.66. The van der Waals surface area contributed by atoms with Gasteiger partial charge >= 0.3 is 0 Å². The predicted molar refractivity (Wildman–Crippen MR) is 67.4 cm³/mol. The molecule has 5 nitrogen and oxygen atoms in total. The number of nitrogens with zero attached hydrogens (tertiary/aromatic N) is 3. The van der Waals surface area contributed by atoms with E-state index in [9.17, 15) is 0 Å². The SMILES string of the molecule is CCCNc1nc(NC)nc(C(Cl)(Cl)Cl)n1. The number of alkyl halides is 3. The molecule has 0 atom stereocenters. The molecule has 0 spiro atoms. The Labute approximate surface area is 109 Å². The largest absolute Gasteiger partial charge is 0.357 e. The highest BCUT2D eigenvalue weighted by Gasteiger charge is 2.28. The van der Waals surface area contributed by atoms with Crippen molar-refractivity contribution in [2.75, 3.05) is 24.2 Å². The van der Waals surface area contributed by atoms with Crippen molar-refractivity contribution in [3.63, 3.8) is 0 Å². The first-order valence-electron chi connectivity index (χ1n) is 4.72. The third-order valence-electron chi connectivity index (χ3n) is 1.65. The van der Waals surface area contributed by atoms with Gasteiger partial charge in [0, 0.05) is 13.6 Å². The van der Waals surface area contributed by atoms with Crippen LogP contribution in [0, 0.1) is 0 Å². The van der Waals surface area contributed by atoms with Gasteiger partial charge in [0.2, 0.25) is 15.7 Å². The van der Waals surface area contributed by atoms with Gasteiger partial charge in [-0.3, -0.25) is 0 Å². The van der Waals surface area contributed by atoms with Crippen LogP contribution in [0.2, 0.25) is 0 Å². The molecule has 0 unspecified atom stereocenters. The monoisotopic (exact) mass is 283 g/mol. The molecule has 1 rings (SSSR count). The molecule has 0 saturated heterocycles. The van der Waals surface area contributed by atoms with Crippen molar-refractivity contribution in [2.24, 2.45) is 0 Å². The van der Waals surface area contributed by atoms with Crippen LogP contribution < -0.4 is 10.6 Å². The molecule has 0 amide bonds. The molecule has 0 fully saturated rings. The van der Waals surface area contributed by atoms with Gasteiger partial charge in [0.15, 0.2) is 5.82 Å². The molecule has 0 aromatic carbocycles. The lowest BCUT2D eigenvalue weighted by Gasteiger charge is -2.12. The van der Waals surface area contributed by atoms with E-state index in [1.165, 1.54) is 0 Å². The molecular formula is C8H12Cl3N5. The Morgan fingerprint density at radius 3 is 2.25 bits per heavy atom. The number of hydrogen-bond acceptors (Lipinski definition) is 5. The minimum absolute atomic E-state index is 0.0930. The maximum atomic E-state index is 5.72. The van der Waals surface area contributed by atoms with Crippen molar-refractivity contribution in [1.82, 2.24) is 15.0 Å². The molecule has 0 radical (unpaired) electrons. The summed E-state index contributed by atoms with van der Waals surface area (Å²) in [6, 6.07) is 0. The summed E-state index contributed by atoms with van der Waals surface area (Å²) in [5, 5.41) is 5.78. The third kappa shape index (κ3) is 3.81. The second kappa shape index (κ2) is 5.70. The first-order chi connectivity index (χ1) is 7.47. The molecule has 1 aromatic heterocycles. The smallest absolute Gasteiger partial charge is 0.250 e. The fraction of sp³-hybridized carbons (Fsp3) is 0.625. The van der Waals surface area contributed by atoms with Crippen molar-refractivity contribution in [3.8, 4) is 0 Å². The molecule has 0 aliphatic rings. The van der Waals surface area contributed by atoms with E-state index in [0.29, 0.717) is 11.9 Å². The van der Waals surface area contributed by atoms with Crippen LogP contribution in [-0.2, 0) is 3.79 Å². The van der Waals surface area contributed by atoms with Crippen molar-refractivity contribution in [2.45, 2.75) is 17.1 Å². The summed E-state index contributed by atoms with van der Waals surface area (Å²) in [5.74, 6) is 0.841. The highest BCUT2D eigenvalue weighted by atomic mass is 35.6. The fourth-order valence-electron chi connectivity index (χ4n) is 0.930. The Hall–Kier alpha value is -0.520.